The molecule has 5 rings (SSSR count). The lowest BCUT2D eigenvalue weighted by Gasteiger charge is -2.06. The van der Waals surface area contributed by atoms with E-state index in [0.717, 1.165) is 34.2 Å². The minimum Gasteiger partial charge on any atom is -0.255 e. The Morgan fingerprint density at radius 2 is 0.833 bits per heavy atom. The van der Waals surface area contributed by atoms with Gasteiger partial charge in [0.25, 0.3) is 0 Å². The predicted molar refractivity (Wildman–Crippen MR) is 115 cm³/mol. The van der Waals surface area contributed by atoms with Gasteiger partial charge in [0.2, 0.25) is 0 Å². The van der Waals surface area contributed by atoms with Crippen molar-refractivity contribution in [1.82, 2.24) is 29.9 Å². The zero-order valence-corrected chi connectivity index (χ0v) is 15.9. The lowest BCUT2D eigenvalue weighted by Crippen LogP contribution is -1.97. The first-order valence-corrected chi connectivity index (χ1v) is 9.47. The highest BCUT2D eigenvalue weighted by molar-refractivity contribution is 5.65. The van der Waals surface area contributed by atoms with Crippen LogP contribution in [0.4, 0.5) is 0 Å². The molecule has 0 spiro atoms. The lowest BCUT2D eigenvalue weighted by molar-refractivity contribution is 1.13. The summed E-state index contributed by atoms with van der Waals surface area (Å²) < 4.78 is 0. The van der Waals surface area contributed by atoms with E-state index in [-0.39, 0.29) is 0 Å². The normalized spacial score (nSPS) is 10.7. The van der Waals surface area contributed by atoms with Gasteiger partial charge in [-0.05, 0) is 54.6 Å². The van der Waals surface area contributed by atoms with Gasteiger partial charge in [-0.3, -0.25) is 9.97 Å². The number of nitrogens with zero attached hydrogens (tertiary/aromatic N) is 6. The molecule has 0 fully saturated rings. The van der Waals surface area contributed by atoms with E-state index in [2.05, 4.69) is 19.9 Å². The third kappa shape index (κ3) is 3.66. The van der Waals surface area contributed by atoms with Crippen LogP contribution < -0.4 is 0 Å². The SMILES string of the molecule is c1ccc(-c2cccc(-c3cccc(-c4nccc(-c5ccccn5)n4)n3)n2)nc1. The Morgan fingerprint density at radius 3 is 1.43 bits per heavy atom. The molecule has 6 nitrogen and oxygen atoms in total. The molecule has 0 N–H and O–H groups in total. The summed E-state index contributed by atoms with van der Waals surface area (Å²) in [4.78, 5) is 27.3. The van der Waals surface area contributed by atoms with Crippen LogP contribution in [0.1, 0.15) is 0 Å². The van der Waals surface area contributed by atoms with Gasteiger partial charge in [0.05, 0.1) is 34.2 Å². The summed E-state index contributed by atoms with van der Waals surface area (Å²) in [5, 5.41) is 0. The highest BCUT2D eigenvalue weighted by Crippen LogP contribution is 2.23. The molecule has 6 heteroatoms. The first kappa shape index (κ1) is 17.8. The van der Waals surface area contributed by atoms with Crippen LogP contribution in [0.25, 0.3) is 45.7 Å². The van der Waals surface area contributed by atoms with Crippen LogP contribution in [0, 0.1) is 0 Å². The van der Waals surface area contributed by atoms with Gasteiger partial charge in [0, 0.05) is 18.6 Å². The second-order valence-electron chi connectivity index (χ2n) is 6.51. The Hall–Kier alpha value is -4.32. The van der Waals surface area contributed by atoms with Crippen LogP contribution in [0.5, 0.6) is 0 Å². The predicted octanol–water partition coefficient (Wildman–Crippen LogP) is 4.72. The topological polar surface area (TPSA) is 77.3 Å². The molecular weight excluding hydrogens is 372 g/mol. The number of hydrogen-bond donors (Lipinski definition) is 0. The molecule has 0 radical (unpaired) electrons. The van der Waals surface area contributed by atoms with Crippen LogP contribution in [0.15, 0.2) is 97.5 Å². The summed E-state index contributed by atoms with van der Waals surface area (Å²) >= 11 is 0. The highest BCUT2D eigenvalue weighted by atomic mass is 14.9. The minimum atomic E-state index is 0.542. The van der Waals surface area contributed by atoms with E-state index >= 15 is 0 Å². The second-order valence-corrected chi connectivity index (χ2v) is 6.51. The maximum absolute atomic E-state index is 4.75. The fourth-order valence-electron chi connectivity index (χ4n) is 3.08. The molecule has 5 heterocycles. The largest absolute Gasteiger partial charge is 0.255 e. The van der Waals surface area contributed by atoms with Crippen molar-refractivity contribution in [2.24, 2.45) is 0 Å². The molecule has 0 aliphatic carbocycles. The monoisotopic (exact) mass is 388 g/mol. The summed E-state index contributed by atoms with van der Waals surface area (Å²) in [6.45, 7) is 0. The summed E-state index contributed by atoms with van der Waals surface area (Å²) in [6.07, 6.45) is 5.23. The average molecular weight is 388 g/mol. The standard InChI is InChI=1S/C24H16N6/c1-3-14-25-17(7-1)19-9-5-10-20(28-19)21-11-6-12-23(29-21)24-27-16-13-22(30-24)18-8-2-4-15-26-18/h1-16H. The molecule has 0 bridgehead atoms. The van der Waals surface area contributed by atoms with Gasteiger partial charge in [-0.1, -0.05) is 24.3 Å². The van der Waals surface area contributed by atoms with Crippen LogP contribution in [-0.2, 0) is 0 Å². The Morgan fingerprint density at radius 1 is 0.333 bits per heavy atom. The molecule has 0 aliphatic rings. The lowest BCUT2D eigenvalue weighted by atomic mass is 10.2. The smallest absolute Gasteiger partial charge is 0.178 e. The molecule has 0 saturated carbocycles. The van der Waals surface area contributed by atoms with Crippen molar-refractivity contribution in [1.29, 1.82) is 0 Å². The van der Waals surface area contributed by atoms with Gasteiger partial charge >= 0.3 is 0 Å². The number of hydrogen-bond acceptors (Lipinski definition) is 6. The quantitative estimate of drug-likeness (QED) is 0.443. The fourth-order valence-corrected chi connectivity index (χ4v) is 3.08. The summed E-state index contributed by atoms with van der Waals surface area (Å²) in [7, 11) is 0. The highest BCUT2D eigenvalue weighted by Gasteiger charge is 2.10. The van der Waals surface area contributed by atoms with Crippen molar-refractivity contribution >= 4 is 0 Å². The fraction of sp³-hybridized carbons (Fsp3) is 0. The Labute approximate surface area is 173 Å². The van der Waals surface area contributed by atoms with Crippen molar-refractivity contribution < 1.29 is 0 Å². The minimum absolute atomic E-state index is 0.542. The van der Waals surface area contributed by atoms with Crippen LogP contribution in [-0.4, -0.2) is 29.9 Å². The van der Waals surface area contributed by atoms with Gasteiger partial charge in [-0.15, -0.1) is 0 Å². The van der Waals surface area contributed by atoms with Gasteiger partial charge in [-0.2, -0.15) is 0 Å². The van der Waals surface area contributed by atoms with E-state index in [1.54, 1.807) is 18.6 Å². The van der Waals surface area contributed by atoms with Gasteiger partial charge in [0.15, 0.2) is 5.82 Å². The molecule has 0 amide bonds. The second kappa shape index (κ2) is 7.97. The van der Waals surface area contributed by atoms with E-state index in [1.165, 1.54) is 0 Å². The number of rotatable bonds is 4. The third-order valence-electron chi connectivity index (χ3n) is 4.50. The van der Waals surface area contributed by atoms with E-state index < -0.39 is 0 Å². The maximum Gasteiger partial charge on any atom is 0.178 e. The molecule has 0 unspecified atom stereocenters. The Kier molecular flexibility index (Phi) is 4.72. The molecular formula is C24H16N6. The van der Waals surface area contributed by atoms with E-state index in [1.807, 2.05) is 78.9 Å². The van der Waals surface area contributed by atoms with Crippen molar-refractivity contribution in [3.63, 3.8) is 0 Å². The molecule has 0 atom stereocenters. The van der Waals surface area contributed by atoms with Crippen molar-refractivity contribution in [3.8, 4) is 45.7 Å². The molecule has 5 aromatic rings. The Bertz CT molecular complexity index is 1190. The van der Waals surface area contributed by atoms with Gasteiger partial charge in [-0.25, -0.2) is 19.9 Å². The van der Waals surface area contributed by atoms with Crippen LogP contribution >= 0.6 is 0 Å². The van der Waals surface area contributed by atoms with Crippen molar-refractivity contribution in [2.45, 2.75) is 0 Å². The molecule has 5 aromatic heterocycles. The van der Waals surface area contributed by atoms with E-state index in [9.17, 15) is 0 Å². The van der Waals surface area contributed by atoms with E-state index in [4.69, 9.17) is 9.97 Å². The van der Waals surface area contributed by atoms with Gasteiger partial charge < -0.3 is 0 Å². The molecule has 30 heavy (non-hydrogen) atoms. The molecule has 0 saturated heterocycles. The van der Waals surface area contributed by atoms with E-state index in [0.29, 0.717) is 11.5 Å². The summed E-state index contributed by atoms with van der Waals surface area (Å²) in [6, 6.07) is 24.9. The first-order valence-electron chi connectivity index (χ1n) is 9.47. The first-order chi connectivity index (χ1) is 14.9. The zero-order chi connectivity index (χ0) is 20.2. The van der Waals surface area contributed by atoms with Gasteiger partial charge in [0.1, 0.15) is 5.69 Å². The van der Waals surface area contributed by atoms with Crippen molar-refractivity contribution in [3.05, 3.63) is 97.5 Å². The molecule has 0 aliphatic heterocycles. The van der Waals surface area contributed by atoms with Crippen molar-refractivity contribution in [2.75, 3.05) is 0 Å². The average Bonchev–Trinajstić information content (AvgIpc) is 2.85. The molecule has 0 aromatic carbocycles. The zero-order valence-electron chi connectivity index (χ0n) is 15.9. The number of aromatic nitrogens is 6. The third-order valence-corrected chi connectivity index (χ3v) is 4.50. The maximum atomic E-state index is 4.75. The summed E-state index contributed by atoms with van der Waals surface area (Å²) in [5.41, 5.74) is 5.36. The number of pyridine rings is 4. The molecule has 142 valence electrons. The summed E-state index contributed by atoms with van der Waals surface area (Å²) in [5.74, 6) is 0.542. The Balaban J connectivity index is 1.52. The van der Waals surface area contributed by atoms with Crippen LogP contribution in [0.2, 0.25) is 0 Å². The van der Waals surface area contributed by atoms with Crippen LogP contribution in [0.3, 0.4) is 0 Å².